The van der Waals surface area contributed by atoms with Gasteiger partial charge in [0.15, 0.2) is 0 Å². The number of aliphatic hydroxyl groups is 1. The lowest BCUT2D eigenvalue weighted by Gasteiger charge is -2.33. The van der Waals surface area contributed by atoms with Crippen molar-refractivity contribution in [2.45, 2.75) is 19.4 Å². The molecule has 2 N–H and O–H groups in total. The van der Waals surface area contributed by atoms with Gasteiger partial charge in [0.1, 0.15) is 5.82 Å². The van der Waals surface area contributed by atoms with Gasteiger partial charge in [-0.05, 0) is 0 Å². The molecule has 0 aromatic carbocycles. The number of morpholine rings is 1. The Hall–Kier alpha value is -1.47. The van der Waals surface area contributed by atoms with Gasteiger partial charge in [-0.1, -0.05) is 6.92 Å². The van der Waals surface area contributed by atoms with Crippen LogP contribution in [0.2, 0.25) is 0 Å². The molecule has 1 fully saturated rings. The van der Waals surface area contributed by atoms with Gasteiger partial charge in [-0.2, -0.15) is 0 Å². The van der Waals surface area contributed by atoms with Gasteiger partial charge < -0.3 is 14.7 Å². The molecule has 0 radical (unpaired) electrons. The SMILES string of the molecule is CCc1nc(C(=O)N2CCOCC2CO)n[nH]1. The van der Waals surface area contributed by atoms with Crippen LogP contribution in [-0.2, 0) is 11.2 Å². The van der Waals surface area contributed by atoms with Crippen LogP contribution in [0.3, 0.4) is 0 Å². The highest BCUT2D eigenvalue weighted by Gasteiger charge is 2.29. The topological polar surface area (TPSA) is 91.3 Å². The zero-order valence-corrected chi connectivity index (χ0v) is 9.72. The van der Waals surface area contributed by atoms with Crippen molar-refractivity contribution in [1.82, 2.24) is 20.1 Å². The summed E-state index contributed by atoms with van der Waals surface area (Å²) in [4.78, 5) is 17.8. The summed E-state index contributed by atoms with van der Waals surface area (Å²) < 4.78 is 5.21. The van der Waals surface area contributed by atoms with Crippen molar-refractivity contribution in [2.24, 2.45) is 0 Å². The van der Waals surface area contributed by atoms with Crippen LogP contribution in [0.1, 0.15) is 23.4 Å². The van der Waals surface area contributed by atoms with Gasteiger partial charge >= 0.3 is 0 Å². The zero-order valence-electron chi connectivity index (χ0n) is 9.72. The molecule has 2 heterocycles. The van der Waals surface area contributed by atoms with Crippen molar-refractivity contribution in [3.63, 3.8) is 0 Å². The number of carbonyl (C=O) groups is 1. The van der Waals surface area contributed by atoms with E-state index in [9.17, 15) is 9.90 Å². The number of nitrogens with zero attached hydrogens (tertiary/aromatic N) is 3. The normalized spacial score (nSPS) is 20.6. The lowest BCUT2D eigenvalue weighted by Crippen LogP contribution is -2.50. The fraction of sp³-hybridized carbons (Fsp3) is 0.700. The van der Waals surface area contributed by atoms with Crippen LogP contribution in [0.25, 0.3) is 0 Å². The van der Waals surface area contributed by atoms with Crippen LogP contribution in [0.5, 0.6) is 0 Å². The Morgan fingerprint density at radius 1 is 1.71 bits per heavy atom. The van der Waals surface area contributed by atoms with E-state index in [2.05, 4.69) is 15.2 Å². The molecule has 1 aliphatic rings. The second kappa shape index (κ2) is 5.24. The van der Waals surface area contributed by atoms with Gasteiger partial charge in [-0.3, -0.25) is 9.89 Å². The quantitative estimate of drug-likeness (QED) is 0.721. The smallest absolute Gasteiger partial charge is 0.294 e. The van der Waals surface area contributed by atoms with Crippen LogP contribution in [-0.4, -0.2) is 63.5 Å². The van der Waals surface area contributed by atoms with Crippen LogP contribution in [0.15, 0.2) is 0 Å². The Morgan fingerprint density at radius 2 is 2.53 bits per heavy atom. The van der Waals surface area contributed by atoms with E-state index in [4.69, 9.17) is 4.74 Å². The Bertz CT molecular complexity index is 393. The maximum Gasteiger partial charge on any atom is 0.294 e. The fourth-order valence-electron chi connectivity index (χ4n) is 1.75. The van der Waals surface area contributed by atoms with Crippen LogP contribution in [0, 0.1) is 0 Å². The molecule has 0 aliphatic carbocycles. The highest BCUT2D eigenvalue weighted by atomic mass is 16.5. The molecule has 0 saturated carbocycles. The monoisotopic (exact) mass is 240 g/mol. The maximum atomic E-state index is 12.1. The largest absolute Gasteiger partial charge is 0.394 e. The molecule has 0 spiro atoms. The van der Waals surface area contributed by atoms with Crippen LogP contribution < -0.4 is 0 Å². The first kappa shape index (κ1) is 12.0. The summed E-state index contributed by atoms with van der Waals surface area (Å²) in [7, 11) is 0. The fourth-order valence-corrected chi connectivity index (χ4v) is 1.75. The third-order valence-corrected chi connectivity index (χ3v) is 2.76. The molecule has 1 aliphatic heterocycles. The van der Waals surface area contributed by atoms with Crippen LogP contribution in [0.4, 0.5) is 0 Å². The minimum absolute atomic E-state index is 0.114. The third-order valence-electron chi connectivity index (χ3n) is 2.76. The molecule has 1 atom stereocenters. The number of hydrogen-bond acceptors (Lipinski definition) is 5. The van der Waals surface area contributed by atoms with E-state index in [0.717, 1.165) is 0 Å². The summed E-state index contributed by atoms with van der Waals surface area (Å²) in [6.07, 6.45) is 0.701. The molecule has 1 unspecified atom stereocenters. The van der Waals surface area contributed by atoms with Crippen molar-refractivity contribution >= 4 is 5.91 Å². The van der Waals surface area contributed by atoms with E-state index in [1.54, 1.807) is 4.90 Å². The molecule has 7 nitrogen and oxygen atoms in total. The zero-order chi connectivity index (χ0) is 12.3. The first-order chi connectivity index (χ1) is 8.26. The summed E-state index contributed by atoms with van der Waals surface area (Å²) in [5, 5.41) is 15.8. The minimum Gasteiger partial charge on any atom is -0.394 e. The molecule has 1 saturated heterocycles. The Kier molecular flexibility index (Phi) is 3.70. The molecule has 1 aromatic heterocycles. The predicted molar refractivity (Wildman–Crippen MR) is 58.5 cm³/mol. The van der Waals surface area contributed by atoms with E-state index in [1.165, 1.54) is 0 Å². The Labute approximate surface area is 98.8 Å². The first-order valence-electron chi connectivity index (χ1n) is 5.67. The highest BCUT2D eigenvalue weighted by molar-refractivity contribution is 5.90. The average Bonchev–Trinajstić information content (AvgIpc) is 2.86. The summed E-state index contributed by atoms with van der Waals surface area (Å²) in [5.41, 5.74) is 0. The molecule has 2 rings (SSSR count). The summed E-state index contributed by atoms with van der Waals surface area (Å²) in [6, 6.07) is -0.306. The van der Waals surface area contributed by atoms with E-state index in [-0.39, 0.29) is 24.4 Å². The van der Waals surface area contributed by atoms with Crippen molar-refractivity contribution in [3.05, 3.63) is 11.6 Å². The van der Waals surface area contributed by atoms with Gasteiger partial charge in [0.25, 0.3) is 5.91 Å². The number of nitrogens with one attached hydrogen (secondary N) is 1. The number of hydrogen-bond donors (Lipinski definition) is 2. The molecule has 7 heteroatoms. The molecule has 0 bridgehead atoms. The van der Waals surface area contributed by atoms with Crippen molar-refractivity contribution < 1.29 is 14.6 Å². The third kappa shape index (κ3) is 2.45. The number of rotatable bonds is 3. The number of H-pyrrole nitrogens is 1. The van der Waals surface area contributed by atoms with Crippen LogP contribution >= 0.6 is 0 Å². The number of carbonyl (C=O) groups excluding carboxylic acids is 1. The summed E-state index contributed by atoms with van der Waals surface area (Å²) in [5.74, 6) is 0.577. The molecule has 94 valence electrons. The molecular weight excluding hydrogens is 224 g/mol. The number of aromatic nitrogens is 3. The van der Waals surface area contributed by atoms with Gasteiger partial charge in [0.05, 0.1) is 25.9 Å². The average molecular weight is 240 g/mol. The minimum atomic E-state index is -0.306. The van der Waals surface area contributed by atoms with Gasteiger partial charge in [0, 0.05) is 13.0 Å². The van der Waals surface area contributed by atoms with Gasteiger partial charge in [0.2, 0.25) is 5.82 Å². The molecule has 1 aromatic rings. The maximum absolute atomic E-state index is 12.1. The number of amides is 1. The van der Waals surface area contributed by atoms with Gasteiger partial charge in [-0.15, -0.1) is 5.10 Å². The predicted octanol–water partition coefficient (Wildman–Crippen LogP) is -0.800. The first-order valence-corrected chi connectivity index (χ1v) is 5.67. The standard InChI is InChI=1S/C10H16N4O3/c1-2-8-11-9(13-12-8)10(16)14-3-4-17-6-7(14)5-15/h7,15H,2-6H2,1H3,(H,11,12,13). The Balaban J connectivity index is 2.12. The number of ether oxygens (including phenoxy) is 1. The van der Waals surface area contributed by atoms with E-state index >= 15 is 0 Å². The Morgan fingerprint density at radius 3 is 3.18 bits per heavy atom. The second-order valence-corrected chi connectivity index (χ2v) is 3.87. The van der Waals surface area contributed by atoms with E-state index in [1.807, 2.05) is 6.92 Å². The number of aromatic amines is 1. The lowest BCUT2D eigenvalue weighted by molar-refractivity contribution is -0.0189. The molecule has 17 heavy (non-hydrogen) atoms. The highest BCUT2D eigenvalue weighted by Crippen LogP contribution is 2.10. The van der Waals surface area contributed by atoms with Gasteiger partial charge in [-0.25, -0.2) is 4.98 Å². The molecule has 1 amide bonds. The summed E-state index contributed by atoms with van der Waals surface area (Å²) in [6.45, 7) is 3.11. The van der Waals surface area contributed by atoms with Crippen molar-refractivity contribution in [1.29, 1.82) is 0 Å². The summed E-state index contributed by atoms with van der Waals surface area (Å²) >= 11 is 0. The van der Waals surface area contributed by atoms with Crippen molar-refractivity contribution in [3.8, 4) is 0 Å². The number of aliphatic hydroxyl groups excluding tert-OH is 1. The van der Waals surface area contributed by atoms with E-state index in [0.29, 0.717) is 32.0 Å². The number of aryl methyl sites for hydroxylation is 1. The lowest BCUT2D eigenvalue weighted by atomic mass is 10.2. The van der Waals surface area contributed by atoms with Crippen molar-refractivity contribution in [2.75, 3.05) is 26.4 Å². The van der Waals surface area contributed by atoms with E-state index < -0.39 is 0 Å². The second-order valence-electron chi connectivity index (χ2n) is 3.87. The molecular formula is C10H16N4O3.